The summed E-state index contributed by atoms with van der Waals surface area (Å²) in [5.74, 6) is -0.501. The van der Waals surface area contributed by atoms with E-state index in [1.807, 2.05) is 30.3 Å². The van der Waals surface area contributed by atoms with Gasteiger partial charge in [0.2, 0.25) is 11.8 Å². The zero-order valence-corrected chi connectivity index (χ0v) is 14.1. The van der Waals surface area contributed by atoms with Crippen molar-refractivity contribution in [2.75, 3.05) is 6.54 Å². The molecule has 24 heavy (non-hydrogen) atoms. The van der Waals surface area contributed by atoms with Crippen molar-refractivity contribution >= 4 is 11.8 Å². The molecule has 1 aromatic rings. The average molecular weight is 335 g/mol. The van der Waals surface area contributed by atoms with Crippen LogP contribution in [0.2, 0.25) is 0 Å². The van der Waals surface area contributed by atoms with Crippen molar-refractivity contribution in [3.8, 4) is 0 Å². The van der Waals surface area contributed by atoms with Gasteiger partial charge in [0.05, 0.1) is 12.3 Å². The molecule has 2 amide bonds. The summed E-state index contributed by atoms with van der Waals surface area (Å²) in [5, 5.41) is 0. The molecular formula is C17H29N5O2. The first-order valence-corrected chi connectivity index (χ1v) is 8.29. The summed E-state index contributed by atoms with van der Waals surface area (Å²) >= 11 is 0. The third kappa shape index (κ3) is 8.16. The molecule has 7 nitrogen and oxygen atoms in total. The number of imide groups is 1. The Morgan fingerprint density at radius 1 is 0.875 bits per heavy atom. The van der Waals surface area contributed by atoms with E-state index in [0.29, 0.717) is 25.8 Å². The molecule has 0 heterocycles. The number of rotatable bonds is 10. The van der Waals surface area contributed by atoms with Crippen molar-refractivity contribution in [1.29, 1.82) is 0 Å². The molecule has 1 aromatic carbocycles. The molecule has 0 aliphatic heterocycles. The summed E-state index contributed by atoms with van der Waals surface area (Å²) < 4.78 is 0. The Kier molecular flexibility index (Phi) is 9.18. The Morgan fingerprint density at radius 3 is 1.83 bits per heavy atom. The molecule has 0 fully saturated rings. The molecule has 0 bridgehead atoms. The van der Waals surface area contributed by atoms with Crippen LogP contribution in [0.1, 0.15) is 37.7 Å². The Hall–Kier alpha value is -1.80. The fraction of sp³-hybridized carbons (Fsp3) is 0.529. The van der Waals surface area contributed by atoms with E-state index >= 15 is 0 Å². The molecule has 0 aromatic heterocycles. The number of carbonyl (C=O) groups is 2. The van der Waals surface area contributed by atoms with Crippen molar-refractivity contribution < 1.29 is 9.59 Å². The molecule has 0 aliphatic rings. The molecule has 0 saturated heterocycles. The van der Waals surface area contributed by atoms with Crippen LogP contribution >= 0.6 is 0 Å². The maximum absolute atomic E-state index is 12.3. The van der Waals surface area contributed by atoms with Gasteiger partial charge in [-0.05, 0) is 31.2 Å². The number of aryl methyl sites for hydroxylation is 1. The molecule has 1 rings (SSSR count). The van der Waals surface area contributed by atoms with Gasteiger partial charge in [0.15, 0.2) is 0 Å². The Bertz CT molecular complexity index is 481. The van der Waals surface area contributed by atoms with Crippen LogP contribution in [0.5, 0.6) is 0 Å². The first-order chi connectivity index (χ1) is 11.4. The van der Waals surface area contributed by atoms with Gasteiger partial charge in [-0.15, -0.1) is 0 Å². The van der Waals surface area contributed by atoms with Crippen LogP contribution in [-0.4, -0.2) is 35.6 Å². The third-order valence-electron chi connectivity index (χ3n) is 3.68. The van der Waals surface area contributed by atoms with Gasteiger partial charge >= 0.3 is 0 Å². The Labute approximate surface area is 143 Å². The van der Waals surface area contributed by atoms with Gasteiger partial charge in [-0.2, -0.15) is 0 Å². The van der Waals surface area contributed by atoms with Crippen molar-refractivity contribution in [2.24, 2.45) is 22.9 Å². The highest BCUT2D eigenvalue weighted by Crippen LogP contribution is 2.08. The zero-order chi connectivity index (χ0) is 17.9. The molecule has 0 atom stereocenters. The van der Waals surface area contributed by atoms with Gasteiger partial charge in [0.25, 0.3) is 0 Å². The smallest absolute Gasteiger partial charge is 0.229 e. The second-order valence-electron chi connectivity index (χ2n) is 5.93. The summed E-state index contributed by atoms with van der Waals surface area (Å²) in [5.41, 5.74) is 23.1. The largest absolute Gasteiger partial charge is 0.316 e. The Morgan fingerprint density at radius 2 is 1.38 bits per heavy atom. The number of nitrogens with zero attached hydrogens (tertiary/aromatic N) is 1. The lowest BCUT2D eigenvalue weighted by Gasteiger charge is -2.22. The maximum atomic E-state index is 12.3. The van der Waals surface area contributed by atoms with E-state index in [1.165, 1.54) is 10.5 Å². The van der Waals surface area contributed by atoms with Gasteiger partial charge in [-0.25, -0.2) is 0 Å². The number of carbonyl (C=O) groups excluding carboxylic acids is 2. The highest BCUT2D eigenvalue weighted by Gasteiger charge is 2.21. The van der Waals surface area contributed by atoms with Crippen LogP contribution in [0.15, 0.2) is 30.3 Å². The zero-order valence-electron chi connectivity index (χ0n) is 14.1. The molecule has 0 unspecified atom stereocenters. The van der Waals surface area contributed by atoms with Crippen molar-refractivity contribution in [3.05, 3.63) is 35.9 Å². The molecular weight excluding hydrogens is 306 g/mol. The first kappa shape index (κ1) is 20.2. The number of amides is 2. The molecule has 7 heteroatoms. The van der Waals surface area contributed by atoms with E-state index in [1.54, 1.807) is 0 Å². The molecule has 0 spiro atoms. The third-order valence-corrected chi connectivity index (χ3v) is 3.68. The van der Waals surface area contributed by atoms with Crippen LogP contribution in [0.4, 0.5) is 0 Å². The number of hydrogen-bond donors (Lipinski definition) is 4. The number of nitrogens with two attached hydrogens (primary N) is 4. The van der Waals surface area contributed by atoms with Crippen LogP contribution in [-0.2, 0) is 16.0 Å². The van der Waals surface area contributed by atoms with E-state index < -0.39 is 12.3 Å². The normalized spacial score (nSPS) is 11.1. The van der Waals surface area contributed by atoms with E-state index in [-0.39, 0.29) is 24.7 Å². The second kappa shape index (κ2) is 10.9. The lowest BCUT2D eigenvalue weighted by molar-refractivity contribution is -0.145. The predicted molar refractivity (Wildman–Crippen MR) is 94.3 cm³/mol. The van der Waals surface area contributed by atoms with Crippen LogP contribution < -0.4 is 22.9 Å². The van der Waals surface area contributed by atoms with E-state index in [0.717, 1.165) is 6.42 Å². The van der Waals surface area contributed by atoms with Crippen LogP contribution in [0, 0.1) is 0 Å². The summed E-state index contributed by atoms with van der Waals surface area (Å²) in [7, 11) is 0. The van der Waals surface area contributed by atoms with Crippen LogP contribution in [0.25, 0.3) is 0 Å². The van der Waals surface area contributed by atoms with Crippen LogP contribution in [0.3, 0.4) is 0 Å². The quantitative estimate of drug-likeness (QED) is 0.444. The number of hydrogen-bond acceptors (Lipinski definition) is 6. The fourth-order valence-corrected chi connectivity index (χ4v) is 2.32. The summed E-state index contributed by atoms with van der Waals surface area (Å²) in [6.07, 6.45) is 1.37. The monoisotopic (exact) mass is 335 g/mol. The van der Waals surface area contributed by atoms with Crippen molar-refractivity contribution in [2.45, 2.75) is 50.9 Å². The molecule has 8 N–H and O–H groups in total. The SMILES string of the molecule is NC(N)CCC(=O)N(CCCc1ccccc1)C(=O)CCC(N)N. The average Bonchev–Trinajstić information content (AvgIpc) is 2.55. The predicted octanol–water partition coefficient (Wildman–Crippen LogP) is 0.0218. The lowest BCUT2D eigenvalue weighted by atomic mass is 10.1. The standard InChI is InChI=1S/C17H29N5O2/c18-14(19)8-10-16(23)22(17(24)11-9-15(20)21)12-4-7-13-5-2-1-3-6-13/h1-3,5-6,14-15H,4,7-12,18-21H2. The molecule has 0 saturated carbocycles. The van der Waals surface area contributed by atoms with Gasteiger partial charge in [0.1, 0.15) is 0 Å². The van der Waals surface area contributed by atoms with Gasteiger partial charge in [-0.3, -0.25) is 14.5 Å². The molecule has 0 radical (unpaired) electrons. The minimum absolute atomic E-state index is 0.156. The molecule has 0 aliphatic carbocycles. The van der Waals surface area contributed by atoms with E-state index in [2.05, 4.69) is 0 Å². The maximum Gasteiger partial charge on any atom is 0.229 e. The van der Waals surface area contributed by atoms with Gasteiger partial charge in [-0.1, -0.05) is 30.3 Å². The van der Waals surface area contributed by atoms with Gasteiger partial charge in [0, 0.05) is 19.4 Å². The molecule has 134 valence electrons. The van der Waals surface area contributed by atoms with E-state index in [4.69, 9.17) is 22.9 Å². The highest BCUT2D eigenvalue weighted by molar-refractivity contribution is 5.95. The summed E-state index contributed by atoms with van der Waals surface area (Å²) in [6.45, 7) is 0.367. The highest BCUT2D eigenvalue weighted by atomic mass is 16.2. The minimum Gasteiger partial charge on any atom is -0.316 e. The fourth-order valence-electron chi connectivity index (χ4n) is 2.32. The number of benzene rings is 1. The first-order valence-electron chi connectivity index (χ1n) is 8.29. The minimum atomic E-state index is -0.562. The second-order valence-corrected chi connectivity index (χ2v) is 5.93. The Balaban J connectivity index is 2.58. The summed E-state index contributed by atoms with van der Waals surface area (Å²) in [4.78, 5) is 25.9. The van der Waals surface area contributed by atoms with E-state index in [9.17, 15) is 9.59 Å². The topological polar surface area (TPSA) is 141 Å². The van der Waals surface area contributed by atoms with Crippen molar-refractivity contribution in [3.63, 3.8) is 0 Å². The van der Waals surface area contributed by atoms with Crippen molar-refractivity contribution in [1.82, 2.24) is 4.90 Å². The summed E-state index contributed by atoms with van der Waals surface area (Å²) in [6, 6.07) is 9.93. The van der Waals surface area contributed by atoms with Gasteiger partial charge < -0.3 is 22.9 Å². The lowest BCUT2D eigenvalue weighted by Crippen LogP contribution is -2.41.